The summed E-state index contributed by atoms with van der Waals surface area (Å²) >= 11 is 0. The van der Waals surface area contributed by atoms with Crippen molar-refractivity contribution in [1.29, 1.82) is 0 Å². The molecule has 0 fully saturated rings. The summed E-state index contributed by atoms with van der Waals surface area (Å²) in [6, 6.07) is 11.7. The SMILES string of the molecule is Cc1ccc(S(=O)(=O)NNC(=O)[C@@H](C)Oc2ccccc2F)cc1. The molecule has 0 aliphatic heterocycles. The zero-order valence-corrected chi connectivity index (χ0v) is 13.9. The first-order valence-electron chi connectivity index (χ1n) is 7.09. The molecular formula is C16H17FN2O4S. The van der Waals surface area contributed by atoms with Gasteiger partial charge in [0, 0.05) is 0 Å². The summed E-state index contributed by atoms with van der Waals surface area (Å²) < 4.78 is 42.8. The predicted molar refractivity (Wildman–Crippen MR) is 86.1 cm³/mol. The summed E-state index contributed by atoms with van der Waals surface area (Å²) in [4.78, 5) is 13.9. The van der Waals surface area contributed by atoms with Crippen molar-refractivity contribution >= 4 is 15.9 Å². The Morgan fingerprint density at radius 3 is 2.38 bits per heavy atom. The smallest absolute Gasteiger partial charge is 0.275 e. The standard InChI is InChI=1S/C16H17FN2O4S/c1-11-7-9-13(10-8-11)24(21,22)19-18-16(20)12(2)23-15-6-4-3-5-14(15)17/h3-10,12,19H,1-2H3,(H,18,20)/t12-/m1/s1. The molecule has 0 radical (unpaired) electrons. The van der Waals surface area contributed by atoms with Gasteiger partial charge >= 0.3 is 0 Å². The number of hydrogen-bond donors (Lipinski definition) is 2. The van der Waals surface area contributed by atoms with Gasteiger partial charge in [-0.15, -0.1) is 4.83 Å². The fourth-order valence-electron chi connectivity index (χ4n) is 1.78. The van der Waals surface area contributed by atoms with Gasteiger partial charge in [0.05, 0.1) is 4.90 Å². The molecule has 0 aliphatic rings. The van der Waals surface area contributed by atoms with Gasteiger partial charge in [-0.2, -0.15) is 0 Å². The molecule has 128 valence electrons. The Kier molecular flexibility index (Phi) is 5.53. The zero-order valence-electron chi connectivity index (χ0n) is 13.1. The Hall–Kier alpha value is -2.45. The van der Waals surface area contributed by atoms with Crippen LogP contribution >= 0.6 is 0 Å². The van der Waals surface area contributed by atoms with Crippen LogP contribution in [0.4, 0.5) is 4.39 Å². The largest absolute Gasteiger partial charge is 0.478 e. The number of carbonyl (C=O) groups is 1. The molecule has 2 aromatic rings. The van der Waals surface area contributed by atoms with Crippen molar-refractivity contribution in [1.82, 2.24) is 10.3 Å². The Morgan fingerprint density at radius 2 is 1.75 bits per heavy atom. The van der Waals surface area contributed by atoms with E-state index in [0.717, 1.165) is 5.56 Å². The number of benzene rings is 2. The van der Waals surface area contributed by atoms with Gasteiger partial charge in [-0.05, 0) is 38.1 Å². The number of sulfonamides is 1. The normalized spacial score (nSPS) is 12.5. The maximum Gasteiger partial charge on any atom is 0.275 e. The van der Waals surface area contributed by atoms with Crippen molar-refractivity contribution < 1.29 is 22.3 Å². The minimum atomic E-state index is -3.90. The molecule has 24 heavy (non-hydrogen) atoms. The molecule has 2 rings (SSSR count). The quantitative estimate of drug-likeness (QED) is 0.778. The number of para-hydroxylation sites is 1. The Labute approximate surface area is 139 Å². The number of aryl methyl sites for hydroxylation is 1. The van der Waals surface area contributed by atoms with Crippen LogP contribution in [0.25, 0.3) is 0 Å². The average molecular weight is 352 g/mol. The molecule has 2 N–H and O–H groups in total. The molecule has 1 atom stereocenters. The highest BCUT2D eigenvalue weighted by molar-refractivity contribution is 7.89. The predicted octanol–water partition coefficient (Wildman–Crippen LogP) is 1.91. The Balaban J connectivity index is 1.97. The number of carbonyl (C=O) groups excluding carboxylic acids is 1. The Bertz CT molecular complexity index is 822. The molecule has 0 heterocycles. The highest BCUT2D eigenvalue weighted by Gasteiger charge is 2.20. The van der Waals surface area contributed by atoms with Crippen molar-refractivity contribution in [2.24, 2.45) is 0 Å². The molecule has 0 saturated heterocycles. The number of halogens is 1. The lowest BCUT2D eigenvalue weighted by Gasteiger charge is -2.15. The van der Waals surface area contributed by atoms with Gasteiger partial charge in [0.1, 0.15) is 0 Å². The highest BCUT2D eigenvalue weighted by Crippen LogP contribution is 2.17. The summed E-state index contributed by atoms with van der Waals surface area (Å²) in [7, 11) is -3.90. The molecule has 0 saturated carbocycles. The summed E-state index contributed by atoms with van der Waals surface area (Å²) in [6.45, 7) is 3.20. The van der Waals surface area contributed by atoms with Crippen LogP contribution in [0.3, 0.4) is 0 Å². The van der Waals surface area contributed by atoms with Crippen molar-refractivity contribution in [3.63, 3.8) is 0 Å². The third kappa shape index (κ3) is 4.53. The number of ether oxygens (including phenoxy) is 1. The molecule has 0 spiro atoms. The lowest BCUT2D eigenvalue weighted by atomic mass is 10.2. The van der Waals surface area contributed by atoms with Crippen molar-refractivity contribution in [2.75, 3.05) is 0 Å². The molecule has 1 amide bonds. The van der Waals surface area contributed by atoms with E-state index >= 15 is 0 Å². The first kappa shape index (κ1) is 17.9. The van der Waals surface area contributed by atoms with E-state index in [1.165, 1.54) is 37.3 Å². The first-order chi connectivity index (χ1) is 11.3. The topological polar surface area (TPSA) is 84.5 Å². The lowest BCUT2D eigenvalue weighted by Crippen LogP contribution is -2.47. The van der Waals surface area contributed by atoms with Crippen LogP contribution in [0, 0.1) is 12.7 Å². The van der Waals surface area contributed by atoms with Gasteiger partial charge in [0.25, 0.3) is 15.9 Å². The molecule has 0 aliphatic carbocycles. The fourth-order valence-corrected chi connectivity index (χ4v) is 2.63. The molecule has 0 unspecified atom stereocenters. The minimum absolute atomic E-state index is 0.0103. The average Bonchev–Trinajstić information content (AvgIpc) is 2.55. The number of nitrogens with one attached hydrogen (secondary N) is 2. The van der Waals surface area contributed by atoms with Crippen LogP contribution in [0.1, 0.15) is 12.5 Å². The minimum Gasteiger partial charge on any atom is -0.478 e. The molecule has 0 bridgehead atoms. The van der Waals surface area contributed by atoms with E-state index in [1.54, 1.807) is 18.2 Å². The van der Waals surface area contributed by atoms with Gasteiger partial charge in [0.2, 0.25) is 0 Å². The second-order valence-corrected chi connectivity index (χ2v) is 6.78. The van der Waals surface area contributed by atoms with Gasteiger partial charge in [-0.3, -0.25) is 10.2 Å². The second kappa shape index (κ2) is 7.41. The monoisotopic (exact) mass is 352 g/mol. The molecule has 6 nitrogen and oxygen atoms in total. The molecule has 8 heteroatoms. The van der Waals surface area contributed by atoms with Gasteiger partial charge < -0.3 is 4.74 Å². The van der Waals surface area contributed by atoms with E-state index in [0.29, 0.717) is 0 Å². The highest BCUT2D eigenvalue weighted by atomic mass is 32.2. The maximum absolute atomic E-state index is 13.5. The van der Waals surface area contributed by atoms with Crippen molar-refractivity contribution in [2.45, 2.75) is 24.8 Å². The van der Waals surface area contributed by atoms with Crippen LogP contribution in [-0.4, -0.2) is 20.4 Å². The van der Waals surface area contributed by atoms with Crippen LogP contribution in [-0.2, 0) is 14.8 Å². The molecule has 2 aromatic carbocycles. The maximum atomic E-state index is 13.5. The number of amides is 1. The number of rotatable bonds is 6. The summed E-state index contributed by atoms with van der Waals surface area (Å²) in [5, 5.41) is 0. The van der Waals surface area contributed by atoms with E-state index in [1.807, 2.05) is 11.8 Å². The number of hydrogen-bond acceptors (Lipinski definition) is 4. The lowest BCUT2D eigenvalue weighted by molar-refractivity contribution is -0.127. The third-order valence-corrected chi connectivity index (χ3v) is 4.41. The fraction of sp³-hybridized carbons (Fsp3) is 0.188. The van der Waals surface area contributed by atoms with Gasteiger partial charge in [-0.1, -0.05) is 29.8 Å². The van der Waals surface area contributed by atoms with E-state index in [9.17, 15) is 17.6 Å². The van der Waals surface area contributed by atoms with Crippen LogP contribution in [0.2, 0.25) is 0 Å². The molecular weight excluding hydrogens is 335 g/mol. The summed E-state index contributed by atoms with van der Waals surface area (Å²) in [5.41, 5.74) is 2.96. The van der Waals surface area contributed by atoms with E-state index in [-0.39, 0.29) is 10.6 Å². The summed E-state index contributed by atoms with van der Waals surface area (Å²) in [5.74, 6) is -1.46. The summed E-state index contributed by atoms with van der Waals surface area (Å²) in [6.07, 6.45) is -1.09. The van der Waals surface area contributed by atoms with Crippen LogP contribution < -0.4 is 15.0 Å². The number of hydrazine groups is 1. The van der Waals surface area contributed by atoms with Crippen LogP contribution in [0.5, 0.6) is 5.75 Å². The van der Waals surface area contributed by atoms with E-state index < -0.39 is 27.9 Å². The van der Waals surface area contributed by atoms with Crippen molar-refractivity contribution in [3.05, 3.63) is 59.9 Å². The van der Waals surface area contributed by atoms with Gasteiger partial charge in [0.15, 0.2) is 17.7 Å². The van der Waals surface area contributed by atoms with Gasteiger partial charge in [-0.25, -0.2) is 12.8 Å². The molecule has 0 aromatic heterocycles. The van der Waals surface area contributed by atoms with Crippen LogP contribution in [0.15, 0.2) is 53.4 Å². The third-order valence-electron chi connectivity index (χ3n) is 3.15. The second-order valence-electron chi connectivity index (χ2n) is 5.10. The zero-order chi connectivity index (χ0) is 17.7. The van der Waals surface area contributed by atoms with Crippen molar-refractivity contribution in [3.8, 4) is 5.75 Å². The Morgan fingerprint density at radius 1 is 1.12 bits per heavy atom. The van der Waals surface area contributed by atoms with E-state index in [4.69, 9.17) is 4.74 Å². The first-order valence-corrected chi connectivity index (χ1v) is 8.57. The van der Waals surface area contributed by atoms with E-state index in [2.05, 4.69) is 5.43 Å².